The van der Waals surface area contributed by atoms with Crippen molar-refractivity contribution < 1.29 is 28.6 Å². The molecule has 0 rings (SSSR count). The lowest BCUT2D eigenvalue weighted by Gasteiger charge is -2.18. The molecule has 6 nitrogen and oxygen atoms in total. The van der Waals surface area contributed by atoms with Gasteiger partial charge in [0.05, 0.1) is 0 Å². The van der Waals surface area contributed by atoms with E-state index in [0.717, 1.165) is 89.9 Å². The first-order valence-electron chi connectivity index (χ1n) is 30.8. The lowest BCUT2D eigenvalue weighted by atomic mass is 10.0. The summed E-state index contributed by atoms with van der Waals surface area (Å²) in [6.45, 7) is 6.49. The minimum absolute atomic E-state index is 0.0735. The summed E-state index contributed by atoms with van der Waals surface area (Å²) in [5, 5.41) is 0. The molecule has 0 heterocycles. The monoisotopic (exact) mass is 993 g/mol. The second-order valence-corrected chi connectivity index (χ2v) is 20.6. The van der Waals surface area contributed by atoms with Gasteiger partial charge >= 0.3 is 17.9 Å². The summed E-state index contributed by atoms with van der Waals surface area (Å²) >= 11 is 0. The zero-order valence-electron chi connectivity index (χ0n) is 47.2. The Hall–Kier alpha value is -2.89. The maximum atomic E-state index is 12.8. The van der Waals surface area contributed by atoms with E-state index in [2.05, 4.69) is 81.5 Å². The summed E-state index contributed by atoms with van der Waals surface area (Å²) in [6, 6.07) is 0. The highest BCUT2D eigenvalue weighted by molar-refractivity contribution is 5.71. The number of hydrogen-bond acceptors (Lipinski definition) is 6. The van der Waals surface area contributed by atoms with Crippen molar-refractivity contribution in [3.8, 4) is 0 Å². The number of ether oxygens (including phenoxy) is 3. The van der Waals surface area contributed by atoms with Crippen LogP contribution in [0.5, 0.6) is 0 Å². The lowest BCUT2D eigenvalue weighted by Crippen LogP contribution is -2.30. The second-order valence-electron chi connectivity index (χ2n) is 20.6. The van der Waals surface area contributed by atoms with Crippen LogP contribution in [0.4, 0.5) is 0 Å². The third kappa shape index (κ3) is 57.9. The van der Waals surface area contributed by atoms with Crippen LogP contribution in [-0.4, -0.2) is 37.2 Å². The Morgan fingerprint density at radius 1 is 0.296 bits per heavy atom. The molecule has 0 aromatic carbocycles. The Balaban J connectivity index is 3.99. The number of hydrogen-bond donors (Lipinski definition) is 0. The molecule has 0 fully saturated rings. The van der Waals surface area contributed by atoms with Crippen molar-refractivity contribution in [3.63, 3.8) is 0 Å². The maximum absolute atomic E-state index is 12.8. The zero-order valence-corrected chi connectivity index (χ0v) is 47.2. The van der Waals surface area contributed by atoms with Crippen LogP contribution >= 0.6 is 0 Å². The number of carbonyl (C=O) groups is 3. The Morgan fingerprint density at radius 3 is 0.873 bits per heavy atom. The van der Waals surface area contributed by atoms with E-state index < -0.39 is 6.10 Å². The van der Waals surface area contributed by atoms with Gasteiger partial charge in [0.25, 0.3) is 0 Å². The standard InChI is InChI=1S/C65H116O6/c1-4-7-10-13-16-18-20-22-24-26-27-28-29-30-31-32-33-34-35-36-37-38-39-40-42-43-45-47-49-52-55-58-64(67)70-61-62(60-69-63(66)57-54-51-15-12-9-6-3)71-65(68)59-56-53-50-48-46-44-41-25-23-21-19-17-14-11-8-5-2/h7,10,16,18,22,24-25,27-28,41,62H,4-6,8-9,11-15,17,19-21,23,26,29-40,42-61H2,1-3H3/b10-7-,18-16-,24-22-,28-27-,41-25-. The predicted molar refractivity (Wildman–Crippen MR) is 307 cm³/mol. The first kappa shape index (κ1) is 68.1. The summed E-state index contributed by atoms with van der Waals surface area (Å²) in [5.41, 5.74) is 0. The normalized spacial score (nSPS) is 12.4. The fraction of sp³-hybridized carbons (Fsp3) is 0.800. The molecular formula is C65H116O6. The predicted octanol–water partition coefficient (Wildman–Crippen LogP) is 20.8. The minimum atomic E-state index is -0.772. The van der Waals surface area contributed by atoms with Crippen molar-refractivity contribution in [2.24, 2.45) is 0 Å². The summed E-state index contributed by atoms with van der Waals surface area (Å²) in [7, 11) is 0. The number of rotatable bonds is 56. The van der Waals surface area contributed by atoms with Gasteiger partial charge in [-0.2, -0.15) is 0 Å². The Labute approximate surface area is 440 Å². The van der Waals surface area contributed by atoms with Crippen molar-refractivity contribution >= 4 is 17.9 Å². The molecule has 71 heavy (non-hydrogen) atoms. The van der Waals surface area contributed by atoms with Crippen LogP contribution in [0, 0.1) is 0 Å². The van der Waals surface area contributed by atoms with Crippen molar-refractivity contribution in [2.45, 2.75) is 322 Å². The van der Waals surface area contributed by atoms with Gasteiger partial charge in [0.1, 0.15) is 13.2 Å². The van der Waals surface area contributed by atoms with E-state index in [1.807, 2.05) is 0 Å². The molecule has 0 aliphatic heterocycles. The number of carbonyl (C=O) groups excluding carboxylic acids is 3. The highest BCUT2D eigenvalue weighted by Gasteiger charge is 2.19. The fourth-order valence-corrected chi connectivity index (χ4v) is 8.90. The van der Waals surface area contributed by atoms with Crippen LogP contribution in [0.25, 0.3) is 0 Å². The summed E-state index contributed by atoms with van der Waals surface area (Å²) < 4.78 is 16.8. The van der Waals surface area contributed by atoms with Gasteiger partial charge in [-0.25, -0.2) is 0 Å². The summed E-state index contributed by atoms with van der Waals surface area (Å²) in [6.07, 6.45) is 75.5. The molecule has 412 valence electrons. The average Bonchev–Trinajstić information content (AvgIpc) is 3.37. The van der Waals surface area contributed by atoms with Gasteiger partial charge < -0.3 is 14.2 Å². The Morgan fingerprint density at radius 2 is 0.549 bits per heavy atom. The van der Waals surface area contributed by atoms with Crippen LogP contribution < -0.4 is 0 Å². The van der Waals surface area contributed by atoms with E-state index in [0.29, 0.717) is 19.3 Å². The first-order chi connectivity index (χ1) is 35.0. The van der Waals surface area contributed by atoms with Gasteiger partial charge in [0, 0.05) is 19.3 Å². The Kier molecular flexibility index (Phi) is 57.2. The molecule has 0 saturated heterocycles. The third-order valence-electron chi connectivity index (χ3n) is 13.5. The largest absolute Gasteiger partial charge is 0.462 e. The SMILES string of the molecule is CC/C=C\C/C=C\C/C=C\C/C=C\CCCCCCCCCCCCCCCCCCCCC(=O)OCC(COC(=O)CCCCCCCC)OC(=O)CCCCCCC/C=C\CCCCCCCCC. The minimum Gasteiger partial charge on any atom is -0.462 e. The molecule has 1 atom stereocenters. The van der Waals surface area contributed by atoms with Gasteiger partial charge in [-0.3, -0.25) is 14.4 Å². The molecule has 1 unspecified atom stereocenters. The molecule has 0 aromatic rings. The van der Waals surface area contributed by atoms with Gasteiger partial charge in [-0.05, 0) is 83.5 Å². The van der Waals surface area contributed by atoms with E-state index in [4.69, 9.17) is 14.2 Å². The quantitative estimate of drug-likeness (QED) is 0.0261. The second kappa shape index (κ2) is 59.7. The van der Waals surface area contributed by atoms with E-state index in [1.165, 1.54) is 186 Å². The van der Waals surface area contributed by atoms with Crippen LogP contribution in [0.1, 0.15) is 316 Å². The third-order valence-corrected chi connectivity index (χ3v) is 13.5. The number of allylic oxidation sites excluding steroid dienone is 10. The van der Waals surface area contributed by atoms with Gasteiger partial charge in [-0.15, -0.1) is 0 Å². The van der Waals surface area contributed by atoms with Gasteiger partial charge in [-0.1, -0.05) is 274 Å². The van der Waals surface area contributed by atoms with E-state index in [1.54, 1.807) is 0 Å². The molecule has 0 saturated carbocycles. The molecule has 6 heteroatoms. The molecule has 0 spiro atoms. The topological polar surface area (TPSA) is 78.9 Å². The molecule has 0 radical (unpaired) electrons. The Bertz CT molecular complexity index is 1280. The first-order valence-corrected chi connectivity index (χ1v) is 30.8. The van der Waals surface area contributed by atoms with Crippen LogP contribution in [0.3, 0.4) is 0 Å². The molecule has 0 aromatic heterocycles. The molecule has 0 amide bonds. The molecule has 0 N–H and O–H groups in total. The van der Waals surface area contributed by atoms with Crippen molar-refractivity contribution in [3.05, 3.63) is 60.8 Å². The van der Waals surface area contributed by atoms with Crippen LogP contribution in [0.15, 0.2) is 60.8 Å². The van der Waals surface area contributed by atoms with Crippen LogP contribution in [0.2, 0.25) is 0 Å². The van der Waals surface area contributed by atoms with Crippen molar-refractivity contribution in [1.82, 2.24) is 0 Å². The summed E-state index contributed by atoms with van der Waals surface area (Å²) in [5.74, 6) is -0.878. The highest BCUT2D eigenvalue weighted by atomic mass is 16.6. The molecule has 0 aliphatic carbocycles. The van der Waals surface area contributed by atoms with E-state index >= 15 is 0 Å². The molecule has 0 bridgehead atoms. The molecule has 0 aliphatic rings. The van der Waals surface area contributed by atoms with E-state index in [9.17, 15) is 14.4 Å². The smallest absolute Gasteiger partial charge is 0.306 e. The number of esters is 3. The zero-order chi connectivity index (χ0) is 51.4. The molecular weight excluding hydrogens is 877 g/mol. The highest BCUT2D eigenvalue weighted by Crippen LogP contribution is 2.17. The summed E-state index contributed by atoms with van der Waals surface area (Å²) in [4.78, 5) is 37.9. The van der Waals surface area contributed by atoms with Gasteiger partial charge in [0.2, 0.25) is 0 Å². The average molecular weight is 994 g/mol. The van der Waals surface area contributed by atoms with Gasteiger partial charge in [0.15, 0.2) is 6.10 Å². The van der Waals surface area contributed by atoms with Crippen LogP contribution in [-0.2, 0) is 28.6 Å². The van der Waals surface area contributed by atoms with Crippen molar-refractivity contribution in [2.75, 3.05) is 13.2 Å². The van der Waals surface area contributed by atoms with E-state index in [-0.39, 0.29) is 31.1 Å². The fourth-order valence-electron chi connectivity index (χ4n) is 8.90. The maximum Gasteiger partial charge on any atom is 0.306 e. The number of unbranched alkanes of at least 4 members (excludes halogenated alkanes) is 35. The lowest BCUT2D eigenvalue weighted by molar-refractivity contribution is -0.167. The van der Waals surface area contributed by atoms with Crippen molar-refractivity contribution in [1.29, 1.82) is 0 Å².